The van der Waals surface area contributed by atoms with Crippen LogP contribution < -0.4 is 15.6 Å². The Morgan fingerprint density at radius 3 is 2.67 bits per heavy atom. The maximum atomic E-state index is 12.8. The van der Waals surface area contributed by atoms with Crippen molar-refractivity contribution in [3.63, 3.8) is 0 Å². The van der Waals surface area contributed by atoms with Crippen LogP contribution in [0.15, 0.2) is 59.5 Å². The smallest absolute Gasteiger partial charge is 0.269 e. The monoisotopic (exact) mass is 406 g/mol. The summed E-state index contributed by atoms with van der Waals surface area (Å²) in [5, 5.41) is 3.03. The number of aromatic nitrogens is 2. The minimum atomic E-state index is -0.287. The lowest BCUT2D eigenvalue weighted by molar-refractivity contribution is -0.121. The van der Waals surface area contributed by atoms with Crippen LogP contribution in [0.1, 0.15) is 24.4 Å². The van der Waals surface area contributed by atoms with Crippen molar-refractivity contribution in [3.8, 4) is 5.75 Å². The number of ether oxygens (including phenoxy) is 1. The highest BCUT2D eigenvalue weighted by Crippen LogP contribution is 2.31. The van der Waals surface area contributed by atoms with Crippen molar-refractivity contribution in [1.29, 1.82) is 0 Å². The van der Waals surface area contributed by atoms with E-state index in [2.05, 4.69) is 21.3 Å². The zero-order valence-corrected chi connectivity index (χ0v) is 17.1. The van der Waals surface area contributed by atoms with Crippen LogP contribution >= 0.6 is 0 Å². The Balaban J connectivity index is 1.52. The molecular weight excluding hydrogens is 380 g/mol. The van der Waals surface area contributed by atoms with Crippen molar-refractivity contribution in [3.05, 3.63) is 70.6 Å². The van der Waals surface area contributed by atoms with Crippen LogP contribution in [-0.2, 0) is 11.3 Å². The summed E-state index contributed by atoms with van der Waals surface area (Å²) >= 11 is 0. The van der Waals surface area contributed by atoms with Crippen molar-refractivity contribution in [2.45, 2.75) is 25.4 Å². The van der Waals surface area contributed by atoms with Crippen LogP contribution in [-0.4, -0.2) is 47.1 Å². The molecule has 1 unspecified atom stereocenters. The molecule has 30 heavy (non-hydrogen) atoms. The topological polar surface area (TPSA) is 76.5 Å². The highest BCUT2D eigenvalue weighted by molar-refractivity contribution is 5.80. The van der Waals surface area contributed by atoms with Gasteiger partial charge in [0.2, 0.25) is 5.91 Å². The van der Waals surface area contributed by atoms with E-state index in [0.717, 1.165) is 37.2 Å². The van der Waals surface area contributed by atoms with E-state index >= 15 is 0 Å². The fraction of sp³-hybridized carbons (Fsp3) is 0.348. The summed E-state index contributed by atoms with van der Waals surface area (Å²) < 4.78 is 7.02. The minimum absolute atomic E-state index is 0.0264. The zero-order chi connectivity index (χ0) is 20.9. The molecule has 1 saturated heterocycles. The fourth-order valence-corrected chi connectivity index (χ4v) is 4.12. The molecule has 1 aromatic heterocycles. The highest BCUT2D eigenvalue weighted by Gasteiger charge is 2.26. The summed E-state index contributed by atoms with van der Waals surface area (Å²) in [6, 6.07) is 15.3. The lowest BCUT2D eigenvalue weighted by atomic mass is 10.0. The van der Waals surface area contributed by atoms with Gasteiger partial charge in [0.15, 0.2) is 0 Å². The third-order valence-electron chi connectivity index (χ3n) is 5.63. The van der Waals surface area contributed by atoms with Crippen LogP contribution in [0.4, 0.5) is 0 Å². The van der Waals surface area contributed by atoms with Gasteiger partial charge >= 0.3 is 0 Å². The molecule has 7 heteroatoms. The number of para-hydroxylation sites is 3. The maximum absolute atomic E-state index is 12.8. The molecule has 0 bridgehead atoms. The molecule has 0 saturated carbocycles. The van der Waals surface area contributed by atoms with Gasteiger partial charge in [-0.2, -0.15) is 0 Å². The van der Waals surface area contributed by atoms with E-state index in [1.807, 2.05) is 36.4 Å². The molecule has 2 heterocycles. The number of hydrogen-bond acceptors (Lipinski definition) is 5. The number of carbonyl (C=O) groups excluding carboxylic acids is 1. The number of hydrogen-bond donors (Lipinski definition) is 1. The van der Waals surface area contributed by atoms with Gasteiger partial charge in [-0.25, -0.2) is 4.98 Å². The molecule has 1 aliphatic heterocycles. The SMILES string of the molecule is COc1ccccc1C(CNC(=O)Cn1c(=O)cnc2ccccc21)N1CCCC1. The number of amides is 1. The van der Waals surface area contributed by atoms with E-state index in [0.29, 0.717) is 17.6 Å². The normalized spacial score (nSPS) is 15.2. The van der Waals surface area contributed by atoms with Gasteiger partial charge < -0.3 is 10.1 Å². The fourth-order valence-electron chi connectivity index (χ4n) is 4.12. The zero-order valence-electron chi connectivity index (χ0n) is 17.1. The van der Waals surface area contributed by atoms with E-state index in [9.17, 15) is 9.59 Å². The van der Waals surface area contributed by atoms with Crippen molar-refractivity contribution >= 4 is 16.9 Å². The van der Waals surface area contributed by atoms with Crippen molar-refractivity contribution < 1.29 is 9.53 Å². The second-order valence-electron chi connectivity index (χ2n) is 7.48. The van der Waals surface area contributed by atoms with Crippen molar-refractivity contribution in [2.75, 3.05) is 26.7 Å². The average Bonchev–Trinajstić information content (AvgIpc) is 3.31. The molecule has 2 aromatic carbocycles. The Morgan fingerprint density at radius 2 is 1.87 bits per heavy atom. The standard InChI is InChI=1S/C23H26N4O3/c1-30-21-11-5-2-8-17(21)20(26-12-6-7-13-26)14-25-22(28)16-27-19-10-4-3-9-18(19)24-15-23(27)29/h2-5,8-11,15,20H,6-7,12-14,16H2,1H3,(H,25,28). The summed E-state index contributed by atoms with van der Waals surface area (Å²) in [5.74, 6) is 0.618. The van der Waals surface area contributed by atoms with Crippen molar-refractivity contribution in [2.24, 2.45) is 0 Å². The second kappa shape index (κ2) is 9.09. The first-order valence-corrected chi connectivity index (χ1v) is 10.3. The Labute approximate surface area is 175 Å². The molecule has 0 radical (unpaired) electrons. The Bertz CT molecular complexity index is 1090. The molecule has 1 amide bonds. The van der Waals surface area contributed by atoms with Crippen LogP contribution in [0.25, 0.3) is 11.0 Å². The van der Waals surface area contributed by atoms with Gasteiger partial charge in [0.25, 0.3) is 5.56 Å². The first-order valence-electron chi connectivity index (χ1n) is 10.3. The van der Waals surface area contributed by atoms with Gasteiger partial charge in [-0.3, -0.25) is 19.1 Å². The Morgan fingerprint density at radius 1 is 1.13 bits per heavy atom. The van der Waals surface area contributed by atoms with Gasteiger partial charge in [0.1, 0.15) is 12.3 Å². The van der Waals surface area contributed by atoms with Gasteiger partial charge in [0.05, 0.1) is 30.4 Å². The van der Waals surface area contributed by atoms with Gasteiger partial charge in [-0.1, -0.05) is 30.3 Å². The molecule has 1 N–H and O–H groups in total. The predicted molar refractivity (Wildman–Crippen MR) is 116 cm³/mol. The molecule has 7 nitrogen and oxygen atoms in total. The van der Waals surface area contributed by atoms with E-state index in [-0.39, 0.29) is 24.1 Å². The summed E-state index contributed by atoms with van der Waals surface area (Å²) in [7, 11) is 1.67. The summed E-state index contributed by atoms with van der Waals surface area (Å²) in [5.41, 5.74) is 2.12. The highest BCUT2D eigenvalue weighted by atomic mass is 16.5. The van der Waals surface area contributed by atoms with Gasteiger partial charge in [-0.15, -0.1) is 0 Å². The van der Waals surface area contributed by atoms with Gasteiger partial charge in [0, 0.05) is 12.1 Å². The summed E-state index contributed by atoms with van der Waals surface area (Å²) in [6.45, 7) is 2.40. The number of carbonyl (C=O) groups is 1. The molecule has 1 atom stereocenters. The van der Waals surface area contributed by atoms with E-state index in [4.69, 9.17) is 4.74 Å². The number of rotatable bonds is 7. The summed E-state index contributed by atoms with van der Waals surface area (Å²) in [6.07, 6.45) is 3.56. The minimum Gasteiger partial charge on any atom is -0.496 e. The second-order valence-corrected chi connectivity index (χ2v) is 7.48. The van der Waals surface area contributed by atoms with E-state index in [1.165, 1.54) is 10.8 Å². The summed E-state index contributed by atoms with van der Waals surface area (Å²) in [4.78, 5) is 31.6. The molecule has 0 aliphatic carbocycles. The molecular formula is C23H26N4O3. The largest absolute Gasteiger partial charge is 0.496 e. The number of methoxy groups -OCH3 is 1. The lowest BCUT2D eigenvalue weighted by Crippen LogP contribution is -2.39. The third kappa shape index (κ3) is 4.21. The van der Waals surface area contributed by atoms with Crippen LogP contribution in [0.2, 0.25) is 0 Å². The molecule has 0 spiro atoms. The van der Waals surface area contributed by atoms with Crippen LogP contribution in [0, 0.1) is 0 Å². The van der Waals surface area contributed by atoms with E-state index < -0.39 is 0 Å². The molecule has 1 aliphatic rings. The number of nitrogens with zero attached hydrogens (tertiary/aromatic N) is 3. The number of nitrogens with one attached hydrogen (secondary N) is 1. The molecule has 156 valence electrons. The lowest BCUT2D eigenvalue weighted by Gasteiger charge is -2.29. The molecule has 4 rings (SSSR count). The average molecular weight is 406 g/mol. The Hall–Kier alpha value is -3.19. The van der Waals surface area contributed by atoms with Crippen LogP contribution in [0.5, 0.6) is 5.75 Å². The Kier molecular flexibility index (Phi) is 6.09. The van der Waals surface area contributed by atoms with Gasteiger partial charge in [-0.05, 0) is 44.1 Å². The molecule has 3 aromatic rings. The third-order valence-corrected chi connectivity index (χ3v) is 5.63. The molecule has 1 fully saturated rings. The first-order chi connectivity index (χ1) is 14.7. The van der Waals surface area contributed by atoms with E-state index in [1.54, 1.807) is 13.2 Å². The number of benzene rings is 2. The predicted octanol–water partition coefficient (Wildman–Crippen LogP) is 2.36. The maximum Gasteiger partial charge on any atom is 0.269 e. The first kappa shape index (κ1) is 20.1. The van der Waals surface area contributed by atoms with Crippen LogP contribution in [0.3, 0.4) is 0 Å². The quantitative estimate of drug-likeness (QED) is 0.652. The van der Waals surface area contributed by atoms with Crippen molar-refractivity contribution in [1.82, 2.24) is 19.8 Å². The number of likely N-dealkylation sites (tertiary alicyclic amines) is 1. The number of fused-ring (bicyclic) bond motifs is 1.